The molecule has 1 aromatic rings. The number of pyridine rings is 1. The normalized spacial score (nSPS) is 18.1. The summed E-state index contributed by atoms with van der Waals surface area (Å²) in [4.78, 5) is 28.9. The summed E-state index contributed by atoms with van der Waals surface area (Å²) < 4.78 is 0. The predicted molar refractivity (Wildman–Crippen MR) is 70.1 cm³/mol. The first kappa shape index (κ1) is 13.8. The SMILES string of the molecule is CC1(C(=O)O)CCN(C(=O)c2ccc(Cl)cn2)CC1. The van der Waals surface area contributed by atoms with Crippen LogP contribution in [0.1, 0.15) is 30.3 Å². The van der Waals surface area contributed by atoms with Gasteiger partial charge in [0.2, 0.25) is 0 Å². The maximum absolute atomic E-state index is 12.2. The van der Waals surface area contributed by atoms with Crippen molar-refractivity contribution in [2.24, 2.45) is 5.41 Å². The first-order valence-electron chi connectivity index (χ1n) is 6.07. The van der Waals surface area contributed by atoms with E-state index in [0.717, 1.165) is 0 Å². The van der Waals surface area contributed by atoms with E-state index < -0.39 is 11.4 Å². The number of carboxylic acid groups (broad SMARTS) is 1. The minimum Gasteiger partial charge on any atom is -0.481 e. The average molecular weight is 283 g/mol. The van der Waals surface area contributed by atoms with Gasteiger partial charge < -0.3 is 10.0 Å². The maximum atomic E-state index is 12.2. The van der Waals surface area contributed by atoms with E-state index in [0.29, 0.717) is 36.6 Å². The van der Waals surface area contributed by atoms with Gasteiger partial charge in [-0.05, 0) is 31.9 Å². The number of piperidine rings is 1. The van der Waals surface area contributed by atoms with Crippen LogP contribution in [0.2, 0.25) is 5.02 Å². The molecule has 1 aliphatic heterocycles. The molecule has 1 saturated heterocycles. The molecule has 0 unspecified atom stereocenters. The molecule has 0 atom stereocenters. The first-order chi connectivity index (χ1) is 8.92. The Bertz CT molecular complexity index is 493. The molecule has 0 bridgehead atoms. The molecular weight excluding hydrogens is 268 g/mol. The monoisotopic (exact) mass is 282 g/mol. The minimum atomic E-state index is -0.802. The predicted octanol–water partition coefficient (Wildman–Crippen LogP) is 2.06. The molecular formula is C13H15ClN2O3. The number of carboxylic acids is 1. The third kappa shape index (κ3) is 2.87. The molecule has 0 saturated carbocycles. The van der Waals surface area contributed by atoms with Gasteiger partial charge in [-0.15, -0.1) is 0 Å². The fourth-order valence-electron chi connectivity index (χ4n) is 2.08. The Morgan fingerprint density at radius 1 is 1.37 bits per heavy atom. The molecule has 0 spiro atoms. The summed E-state index contributed by atoms with van der Waals surface area (Å²) in [5.41, 5.74) is -0.396. The number of aromatic nitrogens is 1. The Kier molecular flexibility index (Phi) is 3.75. The molecule has 5 nitrogen and oxygen atoms in total. The van der Waals surface area contributed by atoms with Crippen LogP contribution in [0.4, 0.5) is 0 Å². The van der Waals surface area contributed by atoms with Crippen molar-refractivity contribution in [3.8, 4) is 0 Å². The second-order valence-electron chi connectivity index (χ2n) is 5.02. The molecule has 2 rings (SSSR count). The van der Waals surface area contributed by atoms with Crippen molar-refractivity contribution >= 4 is 23.5 Å². The fourth-order valence-corrected chi connectivity index (χ4v) is 2.19. The number of aliphatic carboxylic acids is 1. The zero-order chi connectivity index (χ0) is 14.0. The first-order valence-corrected chi connectivity index (χ1v) is 6.44. The minimum absolute atomic E-state index is 0.177. The van der Waals surface area contributed by atoms with Gasteiger partial charge in [-0.1, -0.05) is 11.6 Å². The molecule has 1 aliphatic rings. The number of halogens is 1. The van der Waals surface area contributed by atoms with E-state index in [1.165, 1.54) is 6.20 Å². The fraction of sp³-hybridized carbons (Fsp3) is 0.462. The summed E-state index contributed by atoms with van der Waals surface area (Å²) >= 11 is 5.72. The van der Waals surface area contributed by atoms with Crippen molar-refractivity contribution in [3.63, 3.8) is 0 Å². The highest BCUT2D eigenvalue weighted by Gasteiger charge is 2.38. The van der Waals surface area contributed by atoms with Crippen LogP contribution in [0, 0.1) is 5.41 Å². The van der Waals surface area contributed by atoms with Crippen LogP contribution in [0.25, 0.3) is 0 Å². The van der Waals surface area contributed by atoms with Crippen LogP contribution in [-0.2, 0) is 4.79 Å². The molecule has 0 aliphatic carbocycles. The van der Waals surface area contributed by atoms with E-state index in [1.807, 2.05) is 0 Å². The zero-order valence-electron chi connectivity index (χ0n) is 10.6. The van der Waals surface area contributed by atoms with Gasteiger partial charge >= 0.3 is 5.97 Å². The van der Waals surface area contributed by atoms with Gasteiger partial charge in [0.25, 0.3) is 5.91 Å². The lowest BCUT2D eigenvalue weighted by Gasteiger charge is -2.36. The van der Waals surface area contributed by atoms with E-state index >= 15 is 0 Å². The summed E-state index contributed by atoms with van der Waals surface area (Å²) in [5.74, 6) is -0.978. The third-order valence-corrected chi connectivity index (χ3v) is 3.84. The van der Waals surface area contributed by atoms with E-state index in [9.17, 15) is 9.59 Å². The number of carbonyl (C=O) groups is 2. The molecule has 1 fully saturated rings. The molecule has 2 heterocycles. The highest BCUT2D eigenvalue weighted by molar-refractivity contribution is 6.30. The average Bonchev–Trinajstić information content (AvgIpc) is 2.39. The van der Waals surface area contributed by atoms with Crippen LogP contribution in [0.3, 0.4) is 0 Å². The number of likely N-dealkylation sites (tertiary alicyclic amines) is 1. The molecule has 0 radical (unpaired) electrons. The number of hydrogen-bond acceptors (Lipinski definition) is 3. The number of hydrogen-bond donors (Lipinski definition) is 1. The number of nitrogens with zero attached hydrogens (tertiary/aromatic N) is 2. The molecule has 19 heavy (non-hydrogen) atoms. The topological polar surface area (TPSA) is 70.5 Å². The zero-order valence-corrected chi connectivity index (χ0v) is 11.4. The lowest BCUT2D eigenvalue weighted by atomic mass is 9.80. The maximum Gasteiger partial charge on any atom is 0.309 e. The van der Waals surface area contributed by atoms with Crippen LogP contribution in [0.15, 0.2) is 18.3 Å². The second-order valence-corrected chi connectivity index (χ2v) is 5.46. The smallest absolute Gasteiger partial charge is 0.309 e. The summed E-state index contributed by atoms with van der Waals surface area (Å²) in [6.45, 7) is 2.59. The second kappa shape index (κ2) is 5.17. The summed E-state index contributed by atoms with van der Waals surface area (Å²) in [5, 5.41) is 9.62. The highest BCUT2D eigenvalue weighted by atomic mass is 35.5. The van der Waals surface area contributed by atoms with Gasteiger partial charge in [-0.2, -0.15) is 0 Å². The Labute approximate surface area is 116 Å². The summed E-state index contributed by atoms with van der Waals surface area (Å²) in [7, 11) is 0. The highest BCUT2D eigenvalue weighted by Crippen LogP contribution is 2.31. The Balaban J connectivity index is 2.04. The largest absolute Gasteiger partial charge is 0.481 e. The third-order valence-electron chi connectivity index (χ3n) is 3.62. The molecule has 102 valence electrons. The van der Waals surface area contributed by atoms with E-state index in [4.69, 9.17) is 16.7 Å². The summed E-state index contributed by atoms with van der Waals surface area (Å²) in [6, 6.07) is 3.20. The van der Waals surface area contributed by atoms with Crippen molar-refractivity contribution < 1.29 is 14.7 Å². The lowest BCUT2D eigenvalue weighted by molar-refractivity contribution is -0.150. The van der Waals surface area contributed by atoms with Crippen molar-refractivity contribution in [1.29, 1.82) is 0 Å². The quantitative estimate of drug-likeness (QED) is 0.901. The van der Waals surface area contributed by atoms with Gasteiger partial charge in [-0.3, -0.25) is 9.59 Å². The van der Waals surface area contributed by atoms with Crippen LogP contribution >= 0.6 is 11.6 Å². The van der Waals surface area contributed by atoms with E-state index in [1.54, 1.807) is 24.0 Å². The molecule has 1 aromatic heterocycles. The van der Waals surface area contributed by atoms with E-state index in [2.05, 4.69) is 4.98 Å². The Morgan fingerprint density at radius 3 is 2.47 bits per heavy atom. The Morgan fingerprint density at radius 2 is 2.00 bits per heavy atom. The standard InChI is InChI=1S/C13H15ClN2O3/c1-13(12(18)19)4-6-16(7-5-13)11(17)10-3-2-9(14)8-15-10/h2-3,8H,4-7H2,1H3,(H,18,19). The van der Waals surface area contributed by atoms with Crippen LogP contribution < -0.4 is 0 Å². The van der Waals surface area contributed by atoms with Crippen molar-refractivity contribution in [2.75, 3.05) is 13.1 Å². The van der Waals surface area contributed by atoms with Gasteiger partial charge in [0, 0.05) is 19.3 Å². The molecule has 6 heteroatoms. The van der Waals surface area contributed by atoms with Crippen molar-refractivity contribution in [3.05, 3.63) is 29.0 Å². The summed E-state index contributed by atoms with van der Waals surface area (Å²) in [6.07, 6.45) is 2.35. The Hall–Kier alpha value is -1.62. The van der Waals surface area contributed by atoms with Gasteiger partial charge in [-0.25, -0.2) is 4.98 Å². The molecule has 0 aromatic carbocycles. The van der Waals surface area contributed by atoms with Gasteiger partial charge in [0.1, 0.15) is 5.69 Å². The van der Waals surface area contributed by atoms with Crippen molar-refractivity contribution in [1.82, 2.24) is 9.88 Å². The molecule has 1 N–H and O–H groups in total. The van der Waals surface area contributed by atoms with Crippen LogP contribution in [-0.4, -0.2) is 40.0 Å². The van der Waals surface area contributed by atoms with E-state index in [-0.39, 0.29) is 5.91 Å². The van der Waals surface area contributed by atoms with Crippen LogP contribution in [0.5, 0.6) is 0 Å². The van der Waals surface area contributed by atoms with Gasteiger partial charge in [0.05, 0.1) is 10.4 Å². The lowest BCUT2D eigenvalue weighted by Crippen LogP contribution is -2.45. The number of amides is 1. The van der Waals surface area contributed by atoms with Gasteiger partial charge in [0.15, 0.2) is 0 Å². The molecule has 1 amide bonds. The number of carbonyl (C=O) groups excluding carboxylic acids is 1. The van der Waals surface area contributed by atoms with Crippen molar-refractivity contribution in [2.45, 2.75) is 19.8 Å². The number of rotatable bonds is 2.